The molecule has 0 bridgehead atoms. The fraction of sp³-hybridized carbons (Fsp3) is 1.00. The fourth-order valence-electron chi connectivity index (χ4n) is 1.99. The molecule has 0 aromatic rings. The van der Waals surface area contributed by atoms with Crippen molar-refractivity contribution in [1.29, 1.82) is 0 Å². The summed E-state index contributed by atoms with van der Waals surface area (Å²) in [5.41, 5.74) is 0.257. The average molecular weight is 185 g/mol. The number of nitrogens with zero attached hydrogens (tertiary/aromatic N) is 1. The van der Waals surface area contributed by atoms with Crippen LogP contribution in [0, 0.1) is 0 Å². The topological polar surface area (TPSA) is 23.5 Å². The highest BCUT2D eigenvalue weighted by molar-refractivity contribution is 4.84. The third-order valence-corrected chi connectivity index (χ3v) is 3.27. The van der Waals surface area contributed by atoms with Crippen LogP contribution >= 0.6 is 0 Å². The van der Waals surface area contributed by atoms with Crippen molar-refractivity contribution in [2.75, 3.05) is 7.05 Å². The molecule has 1 saturated carbocycles. The van der Waals surface area contributed by atoms with Crippen molar-refractivity contribution in [3.63, 3.8) is 0 Å². The predicted molar refractivity (Wildman–Crippen MR) is 55.8 cm³/mol. The number of rotatable bonds is 1. The summed E-state index contributed by atoms with van der Waals surface area (Å²) in [6, 6.07) is 0.670. The van der Waals surface area contributed by atoms with E-state index >= 15 is 0 Å². The minimum atomic E-state index is -0.0374. The molecule has 13 heavy (non-hydrogen) atoms. The van der Waals surface area contributed by atoms with Crippen LogP contribution in [0.4, 0.5) is 0 Å². The summed E-state index contributed by atoms with van der Waals surface area (Å²) in [6.45, 7) is 6.74. The van der Waals surface area contributed by atoms with Gasteiger partial charge in [-0.1, -0.05) is 0 Å². The number of aliphatic hydroxyl groups excluding tert-OH is 1. The quantitative estimate of drug-likeness (QED) is 0.675. The van der Waals surface area contributed by atoms with Gasteiger partial charge in [0, 0.05) is 11.6 Å². The van der Waals surface area contributed by atoms with Crippen LogP contribution in [0.2, 0.25) is 0 Å². The van der Waals surface area contributed by atoms with Gasteiger partial charge in [-0.05, 0) is 53.5 Å². The van der Waals surface area contributed by atoms with Gasteiger partial charge in [0.2, 0.25) is 0 Å². The van der Waals surface area contributed by atoms with Gasteiger partial charge in [-0.3, -0.25) is 4.90 Å². The van der Waals surface area contributed by atoms with Crippen molar-refractivity contribution in [1.82, 2.24) is 4.90 Å². The van der Waals surface area contributed by atoms with Gasteiger partial charge in [-0.25, -0.2) is 0 Å². The van der Waals surface area contributed by atoms with E-state index in [4.69, 9.17) is 0 Å². The first-order valence-electron chi connectivity index (χ1n) is 5.32. The van der Waals surface area contributed by atoms with Crippen LogP contribution in [0.5, 0.6) is 0 Å². The van der Waals surface area contributed by atoms with Crippen molar-refractivity contribution in [2.24, 2.45) is 0 Å². The van der Waals surface area contributed by atoms with Crippen molar-refractivity contribution in [2.45, 2.75) is 64.1 Å². The normalized spacial score (nSPS) is 30.9. The van der Waals surface area contributed by atoms with E-state index in [9.17, 15) is 5.11 Å². The zero-order chi connectivity index (χ0) is 10.1. The van der Waals surface area contributed by atoms with E-state index in [1.807, 2.05) is 0 Å². The molecule has 2 nitrogen and oxygen atoms in total. The molecule has 1 fully saturated rings. The number of aliphatic hydroxyl groups is 1. The Labute approximate surface area is 81.9 Å². The van der Waals surface area contributed by atoms with Crippen LogP contribution in [0.3, 0.4) is 0 Å². The molecular weight excluding hydrogens is 162 g/mol. The second-order valence-electron chi connectivity index (χ2n) is 5.24. The first-order chi connectivity index (χ1) is 5.91. The standard InChI is InChI=1S/C11H23NO/c1-11(2,3)12(4)9-5-7-10(13)8-6-9/h9-10,13H,5-8H2,1-4H3. The number of hydrogen-bond donors (Lipinski definition) is 1. The zero-order valence-corrected chi connectivity index (χ0v) is 9.38. The van der Waals surface area contributed by atoms with Crippen LogP contribution < -0.4 is 0 Å². The lowest BCUT2D eigenvalue weighted by atomic mass is 9.90. The third-order valence-electron chi connectivity index (χ3n) is 3.27. The summed E-state index contributed by atoms with van der Waals surface area (Å²) in [6.07, 6.45) is 4.21. The Balaban J connectivity index is 2.45. The van der Waals surface area contributed by atoms with E-state index < -0.39 is 0 Å². The SMILES string of the molecule is CN(C1CCC(O)CC1)C(C)(C)C. The first kappa shape index (κ1) is 11.0. The molecule has 1 aliphatic carbocycles. The molecular formula is C11H23NO. The van der Waals surface area contributed by atoms with Crippen molar-refractivity contribution in [3.05, 3.63) is 0 Å². The molecule has 0 amide bonds. The van der Waals surface area contributed by atoms with Crippen LogP contribution in [0.25, 0.3) is 0 Å². The highest BCUT2D eigenvalue weighted by Gasteiger charge is 2.28. The Kier molecular flexibility index (Phi) is 3.36. The molecule has 0 radical (unpaired) electrons. The molecule has 0 heterocycles. The molecule has 78 valence electrons. The fourth-order valence-corrected chi connectivity index (χ4v) is 1.99. The average Bonchev–Trinajstić information content (AvgIpc) is 2.03. The molecule has 0 aromatic heterocycles. The Morgan fingerprint density at radius 2 is 1.54 bits per heavy atom. The smallest absolute Gasteiger partial charge is 0.0541 e. The maximum absolute atomic E-state index is 9.39. The summed E-state index contributed by atoms with van der Waals surface area (Å²) in [7, 11) is 2.20. The summed E-state index contributed by atoms with van der Waals surface area (Å²) in [5.74, 6) is 0. The van der Waals surface area contributed by atoms with Gasteiger partial charge in [-0.2, -0.15) is 0 Å². The summed E-state index contributed by atoms with van der Waals surface area (Å²) in [4.78, 5) is 2.44. The Hall–Kier alpha value is -0.0800. The van der Waals surface area contributed by atoms with Crippen LogP contribution in [0.15, 0.2) is 0 Å². The highest BCUT2D eigenvalue weighted by atomic mass is 16.3. The van der Waals surface area contributed by atoms with Crippen molar-refractivity contribution >= 4 is 0 Å². The maximum atomic E-state index is 9.39. The Morgan fingerprint density at radius 3 is 1.92 bits per heavy atom. The lowest BCUT2D eigenvalue weighted by Crippen LogP contribution is -2.47. The maximum Gasteiger partial charge on any atom is 0.0541 e. The second-order valence-corrected chi connectivity index (χ2v) is 5.24. The monoisotopic (exact) mass is 185 g/mol. The zero-order valence-electron chi connectivity index (χ0n) is 9.38. The Bertz CT molecular complexity index is 154. The minimum absolute atomic E-state index is 0.0374. The van der Waals surface area contributed by atoms with Crippen molar-refractivity contribution < 1.29 is 5.11 Å². The predicted octanol–water partition coefficient (Wildman–Crippen LogP) is 2.02. The molecule has 1 aliphatic rings. The van der Waals surface area contributed by atoms with Gasteiger partial charge in [0.15, 0.2) is 0 Å². The molecule has 0 saturated heterocycles. The minimum Gasteiger partial charge on any atom is -0.393 e. The van der Waals surface area contributed by atoms with Gasteiger partial charge < -0.3 is 5.11 Å². The molecule has 2 heteroatoms. The largest absolute Gasteiger partial charge is 0.393 e. The van der Waals surface area contributed by atoms with Crippen LogP contribution in [0.1, 0.15) is 46.5 Å². The van der Waals surface area contributed by atoms with Crippen molar-refractivity contribution in [3.8, 4) is 0 Å². The molecule has 0 spiro atoms. The molecule has 1 N–H and O–H groups in total. The highest BCUT2D eigenvalue weighted by Crippen LogP contribution is 2.26. The molecule has 1 rings (SSSR count). The van der Waals surface area contributed by atoms with Crippen LogP contribution in [-0.2, 0) is 0 Å². The Morgan fingerprint density at radius 1 is 1.08 bits per heavy atom. The van der Waals surface area contributed by atoms with E-state index in [2.05, 4.69) is 32.7 Å². The summed E-state index contributed by atoms with van der Waals surface area (Å²) < 4.78 is 0. The van der Waals surface area contributed by atoms with Gasteiger partial charge in [0.25, 0.3) is 0 Å². The van der Waals surface area contributed by atoms with Gasteiger partial charge >= 0.3 is 0 Å². The van der Waals surface area contributed by atoms with E-state index in [1.54, 1.807) is 0 Å². The van der Waals surface area contributed by atoms with E-state index in [-0.39, 0.29) is 11.6 Å². The van der Waals surface area contributed by atoms with Gasteiger partial charge in [-0.15, -0.1) is 0 Å². The molecule has 0 aromatic carbocycles. The number of hydrogen-bond acceptors (Lipinski definition) is 2. The van der Waals surface area contributed by atoms with E-state index in [0.29, 0.717) is 6.04 Å². The lowest BCUT2D eigenvalue weighted by Gasteiger charge is -2.41. The first-order valence-corrected chi connectivity index (χ1v) is 5.32. The van der Waals surface area contributed by atoms with Crippen LogP contribution in [-0.4, -0.2) is 34.7 Å². The molecule has 0 atom stereocenters. The van der Waals surface area contributed by atoms with E-state index in [0.717, 1.165) is 25.7 Å². The van der Waals surface area contributed by atoms with E-state index in [1.165, 1.54) is 0 Å². The van der Waals surface area contributed by atoms with Gasteiger partial charge in [0.1, 0.15) is 0 Å². The summed E-state index contributed by atoms with van der Waals surface area (Å²) in [5, 5.41) is 9.39. The second kappa shape index (κ2) is 3.97. The molecule has 0 aliphatic heterocycles. The third kappa shape index (κ3) is 2.96. The lowest BCUT2D eigenvalue weighted by molar-refractivity contribution is 0.0455. The summed E-state index contributed by atoms with van der Waals surface area (Å²) >= 11 is 0. The van der Waals surface area contributed by atoms with Gasteiger partial charge in [0.05, 0.1) is 6.10 Å². The molecule has 0 unspecified atom stereocenters.